The van der Waals surface area contributed by atoms with Gasteiger partial charge in [0.15, 0.2) is 17.3 Å². The zero-order chi connectivity index (χ0) is 21.1. The number of amides is 2. The first kappa shape index (κ1) is 17.9. The first-order valence-corrected chi connectivity index (χ1v) is 10.0. The number of allylic oxidation sites excluding steroid dienone is 1. The predicted octanol–water partition coefficient (Wildman–Crippen LogP) is 2.01. The van der Waals surface area contributed by atoms with Crippen LogP contribution >= 0.6 is 0 Å². The number of rotatable bonds is 3. The number of hydrogen-bond donors (Lipinski definition) is 0. The Morgan fingerprint density at radius 1 is 0.968 bits per heavy atom. The van der Waals surface area contributed by atoms with Crippen molar-refractivity contribution in [2.45, 2.75) is 12.1 Å². The molecular formula is C23H17N3O5. The van der Waals surface area contributed by atoms with Gasteiger partial charge in [0.1, 0.15) is 6.04 Å². The second kappa shape index (κ2) is 6.53. The molecule has 6 rings (SSSR count). The van der Waals surface area contributed by atoms with Crippen molar-refractivity contribution < 1.29 is 23.9 Å². The molecule has 0 aromatic heterocycles. The summed E-state index contributed by atoms with van der Waals surface area (Å²) >= 11 is 0. The first-order valence-electron chi connectivity index (χ1n) is 10.0. The third-order valence-electron chi connectivity index (χ3n) is 6.23. The van der Waals surface area contributed by atoms with Gasteiger partial charge in [0, 0.05) is 17.8 Å². The number of Topliss-reactive ketones (excluding diaryl/α,β-unsaturated/α-hetero) is 1. The number of carbonyl (C=O) groups excluding carboxylic acids is 3. The molecule has 4 atom stereocenters. The van der Waals surface area contributed by atoms with Gasteiger partial charge in [0.25, 0.3) is 0 Å². The summed E-state index contributed by atoms with van der Waals surface area (Å²) in [5.41, 5.74) is 0.896. The van der Waals surface area contributed by atoms with Gasteiger partial charge in [-0.25, -0.2) is 4.90 Å². The van der Waals surface area contributed by atoms with Crippen LogP contribution in [-0.4, -0.2) is 47.7 Å². The number of hydrazone groups is 1. The normalized spacial score (nSPS) is 27.6. The fourth-order valence-electron chi connectivity index (χ4n) is 4.89. The fraction of sp³-hybridized carbons (Fsp3) is 0.217. The monoisotopic (exact) mass is 415 g/mol. The highest BCUT2D eigenvalue weighted by Gasteiger charge is 2.64. The van der Waals surface area contributed by atoms with E-state index < -0.39 is 29.8 Å². The molecule has 4 aliphatic rings. The molecule has 2 aromatic rings. The Labute approximate surface area is 177 Å². The van der Waals surface area contributed by atoms with E-state index in [9.17, 15) is 14.4 Å². The molecule has 31 heavy (non-hydrogen) atoms. The topological polar surface area (TPSA) is 88.5 Å². The smallest absolute Gasteiger partial charge is 0.240 e. The van der Waals surface area contributed by atoms with Gasteiger partial charge in [-0.1, -0.05) is 36.4 Å². The largest absolute Gasteiger partial charge is 0.454 e. The molecule has 2 amide bonds. The number of ketones is 1. The molecule has 8 nitrogen and oxygen atoms in total. The average molecular weight is 415 g/mol. The maximum Gasteiger partial charge on any atom is 0.240 e. The van der Waals surface area contributed by atoms with Crippen LogP contribution in [0.4, 0.5) is 5.69 Å². The van der Waals surface area contributed by atoms with Gasteiger partial charge in [-0.15, -0.1) is 0 Å². The molecule has 154 valence electrons. The summed E-state index contributed by atoms with van der Waals surface area (Å²) in [6, 6.07) is 12.5. The molecule has 0 radical (unpaired) electrons. The SMILES string of the molecule is O=C(c1ccccc1)[C@@H]1[C@@H]2C(=O)N(c3ccc4c(c3)OCO4)C(=O)[C@H]2[C@H]2C=CC=NN21. The summed E-state index contributed by atoms with van der Waals surface area (Å²) in [4.78, 5) is 41.6. The van der Waals surface area contributed by atoms with Crippen molar-refractivity contribution in [1.82, 2.24) is 5.01 Å². The Balaban J connectivity index is 1.42. The molecule has 0 saturated carbocycles. The number of imide groups is 1. The van der Waals surface area contributed by atoms with Crippen molar-refractivity contribution in [1.29, 1.82) is 0 Å². The molecule has 8 heteroatoms. The van der Waals surface area contributed by atoms with Gasteiger partial charge < -0.3 is 9.47 Å². The Bertz CT molecular complexity index is 1170. The second-order valence-corrected chi connectivity index (χ2v) is 7.80. The zero-order valence-corrected chi connectivity index (χ0v) is 16.3. The van der Waals surface area contributed by atoms with E-state index in [0.717, 1.165) is 0 Å². The minimum Gasteiger partial charge on any atom is -0.454 e. The summed E-state index contributed by atoms with van der Waals surface area (Å²) in [7, 11) is 0. The lowest BCUT2D eigenvalue weighted by Gasteiger charge is -2.30. The standard InChI is InChI=1S/C23H17N3O5/c27-21(13-5-2-1-3-6-13)20-19-18(15-7-4-10-24-26(15)20)22(28)25(23(19)29)14-8-9-16-17(11-14)31-12-30-16/h1-11,15,18-20H,12H2/t15-,18+,19-,20+/m1/s1. The van der Waals surface area contributed by atoms with Crippen molar-refractivity contribution in [3.05, 3.63) is 66.2 Å². The highest BCUT2D eigenvalue weighted by molar-refractivity contribution is 6.24. The number of hydrogen-bond acceptors (Lipinski definition) is 7. The number of benzene rings is 2. The average Bonchev–Trinajstić information content (AvgIpc) is 3.47. The number of carbonyl (C=O) groups is 3. The van der Waals surface area contributed by atoms with E-state index in [1.165, 1.54) is 4.90 Å². The summed E-state index contributed by atoms with van der Waals surface area (Å²) in [5, 5.41) is 5.97. The summed E-state index contributed by atoms with van der Waals surface area (Å²) in [5.74, 6) is -1.43. The molecule has 0 unspecified atom stereocenters. The van der Waals surface area contributed by atoms with Crippen LogP contribution in [0.15, 0.2) is 65.8 Å². The van der Waals surface area contributed by atoms with Crippen molar-refractivity contribution >= 4 is 29.5 Å². The van der Waals surface area contributed by atoms with Crippen LogP contribution in [0.1, 0.15) is 10.4 Å². The third kappa shape index (κ3) is 2.48. The lowest BCUT2D eigenvalue weighted by atomic mass is 9.86. The summed E-state index contributed by atoms with van der Waals surface area (Å²) in [6.07, 6.45) is 5.15. The van der Waals surface area contributed by atoms with Crippen LogP contribution in [0.3, 0.4) is 0 Å². The predicted molar refractivity (Wildman–Crippen MR) is 110 cm³/mol. The lowest BCUT2D eigenvalue weighted by Crippen LogP contribution is -2.46. The van der Waals surface area contributed by atoms with Gasteiger partial charge >= 0.3 is 0 Å². The molecule has 0 bridgehead atoms. The van der Waals surface area contributed by atoms with Crippen molar-refractivity contribution in [3.8, 4) is 11.5 Å². The maximum atomic E-state index is 13.6. The first-order chi connectivity index (χ1) is 15.1. The molecular weight excluding hydrogens is 398 g/mol. The number of nitrogens with zero attached hydrogens (tertiary/aromatic N) is 3. The molecule has 2 fully saturated rings. The van der Waals surface area contributed by atoms with Crippen LogP contribution < -0.4 is 14.4 Å². The van der Waals surface area contributed by atoms with Crippen LogP contribution in [0.25, 0.3) is 0 Å². The van der Waals surface area contributed by atoms with E-state index in [1.54, 1.807) is 59.8 Å². The number of fused-ring (bicyclic) bond motifs is 4. The number of ether oxygens (including phenoxy) is 2. The maximum absolute atomic E-state index is 13.6. The van der Waals surface area contributed by atoms with E-state index in [1.807, 2.05) is 12.1 Å². The molecule has 2 saturated heterocycles. The minimum absolute atomic E-state index is 0.0966. The summed E-state index contributed by atoms with van der Waals surface area (Å²) in [6.45, 7) is 0.0966. The Morgan fingerprint density at radius 3 is 2.58 bits per heavy atom. The molecule has 4 heterocycles. The Hall–Kier alpha value is -3.94. The highest BCUT2D eigenvalue weighted by Crippen LogP contribution is 2.47. The van der Waals surface area contributed by atoms with Crippen molar-refractivity contribution in [2.24, 2.45) is 16.9 Å². The molecule has 4 aliphatic heterocycles. The Kier molecular flexibility index (Phi) is 3.77. The fourth-order valence-corrected chi connectivity index (χ4v) is 4.89. The second-order valence-electron chi connectivity index (χ2n) is 7.80. The van der Waals surface area contributed by atoms with Crippen LogP contribution in [-0.2, 0) is 9.59 Å². The minimum atomic E-state index is -0.853. The molecule has 0 N–H and O–H groups in total. The van der Waals surface area contributed by atoms with Gasteiger partial charge in [-0.3, -0.25) is 19.4 Å². The van der Waals surface area contributed by atoms with Gasteiger partial charge in [-0.2, -0.15) is 5.10 Å². The van der Waals surface area contributed by atoms with Gasteiger partial charge in [-0.05, 0) is 18.2 Å². The van der Waals surface area contributed by atoms with E-state index in [4.69, 9.17) is 9.47 Å². The van der Waals surface area contributed by atoms with E-state index in [2.05, 4.69) is 5.10 Å². The summed E-state index contributed by atoms with van der Waals surface area (Å²) < 4.78 is 10.7. The molecule has 2 aromatic carbocycles. The lowest BCUT2D eigenvalue weighted by molar-refractivity contribution is -0.123. The van der Waals surface area contributed by atoms with E-state index in [0.29, 0.717) is 22.7 Å². The molecule has 0 spiro atoms. The van der Waals surface area contributed by atoms with Crippen molar-refractivity contribution in [3.63, 3.8) is 0 Å². The van der Waals surface area contributed by atoms with Gasteiger partial charge in [0.2, 0.25) is 18.6 Å². The van der Waals surface area contributed by atoms with Crippen LogP contribution in [0.2, 0.25) is 0 Å². The third-order valence-corrected chi connectivity index (χ3v) is 6.23. The van der Waals surface area contributed by atoms with Crippen molar-refractivity contribution in [2.75, 3.05) is 11.7 Å². The highest BCUT2D eigenvalue weighted by atomic mass is 16.7. The zero-order valence-electron chi connectivity index (χ0n) is 16.3. The van der Waals surface area contributed by atoms with Crippen LogP contribution in [0, 0.1) is 11.8 Å². The van der Waals surface area contributed by atoms with E-state index in [-0.39, 0.29) is 18.5 Å². The molecule has 0 aliphatic carbocycles. The van der Waals surface area contributed by atoms with Gasteiger partial charge in [0.05, 0.1) is 23.6 Å². The number of anilines is 1. The van der Waals surface area contributed by atoms with Crippen LogP contribution in [0.5, 0.6) is 11.5 Å². The van der Waals surface area contributed by atoms with E-state index >= 15 is 0 Å². The Morgan fingerprint density at radius 2 is 1.74 bits per heavy atom. The quantitative estimate of drug-likeness (QED) is 0.563.